The molecular formula is C57H59N. The van der Waals surface area contributed by atoms with Crippen molar-refractivity contribution in [3.8, 4) is 33.4 Å². The molecule has 0 aliphatic heterocycles. The van der Waals surface area contributed by atoms with Crippen LogP contribution >= 0.6 is 0 Å². The van der Waals surface area contributed by atoms with Crippen LogP contribution in [0.25, 0.3) is 33.4 Å². The van der Waals surface area contributed by atoms with E-state index < -0.39 is 0 Å². The summed E-state index contributed by atoms with van der Waals surface area (Å²) in [4.78, 5) is 2.60. The van der Waals surface area contributed by atoms with Gasteiger partial charge in [0, 0.05) is 22.4 Å². The molecule has 0 unspecified atom stereocenters. The van der Waals surface area contributed by atoms with Crippen molar-refractivity contribution in [1.82, 2.24) is 0 Å². The first-order valence-corrected chi connectivity index (χ1v) is 22.4. The normalized spacial score (nSPS) is 25.2. The molecule has 6 aliphatic carbocycles. The van der Waals surface area contributed by atoms with Crippen molar-refractivity contribution in [2.75, 3.05) is 4.90 Å². The standard InChI is InChI=1S/C57H59N/c1-54(2)27-28-55(3,4)53-46(16-12-18-50(53)54)48-32-47-45-15-10-11-17-49(45)56(5,6)51(47)33-52(48)58(43-23-19-41(20-24-43)40-13-8-7-9-14-40)44-25-21-42(22-26-44)57-34-37-29-38(35-57)31-39(30-37)36-57/h7-26,32-33,37-39H,27-31,34-36H2,1-6H3. The predicted octanol–water partition coefficient (Wildman–Crippen LogP) is 15.6. The van der Waals surface area contributed by atoms with Crippen LogP contribution in [0.2, 0.25) is 0 Å². The van der Waals surface area contributed by atoms with Crippen LogP contribution in [0.15, 0.2) is 133 Å². The largest absolute Gasteiger partial charge is 0.310 e. The molecule has 58 heavy (non-hydrogen) atoms. The monoisotopic (exact) mass is 757 g/mol. The van der Waals surface area contributed by atoms with Gasteiger partial charge in [0.1, 0.15) is 0 Å². The molecule has 1 nitrogen and oxygen atoms in total. The molecule has 0 N–H and O–H groups in total. The Kier molecular flexibility index (Phi) is 8.00. The van der Waals surface area contributed by atoms with Gasteiger partial charge in [0.25, 0.3) is 0 Å². The molecule has 0 amide bonds. The Hall–Kier alpha value is -4.88. The van der Waals surface area contributed by atoms with Crippen LogP contribution in [0.1, 0.15) is 121 Å². The van der Waals surface area contributed by atoms with Crippen LogP contribution in [-0.4, -0.2) is 0 Å². The summed E-state index contributed by atoms with van der Waals surface area (Å²) in [5.41, 5.74) is 19.5. The number of anilines is 3. The van der Waals surface area contributed by atoms with Crippen molar-refractivity contribution >= 4 is 17.1 Å². The third-order valence-electron chi connectivity index (χ3n) is 16.1. The van der Waals surface area contributed by atoms with Gasteiger partial charge in [-0.25, -0.2) is 0 Å². The van der Waals surface area contributed by atoms with Crippen molar-refractivity contribution in [1.29, 1.82) is 0 Å². The van der Waals surface area contributed by atoms with Gasteiger partial charge in [0.15, 0.2) is 0 Å². The maximum absolute atomic E-state index is 2.60. The Balaban J connectivity index is 1.15. The molecule has 4 saturated carbocycles. The van der Waals surface area contributed by atoms with Crippen LogP contribution < -0.4 is 4.90 Å². The maximum atomic E-state index is 2.60. The van der Waals surface area contributed by atoms with Crippen LogP contribution in [0.4, 0.5) is 17.1 Å². The minimum atomic E-state index is -0.123. The zero-order chi connectivity index (χ0) is 39.6. The fourth-order valence-corrected chi connectivity index (χ4v) is 13.4. The van der Waals surface area contributed by atoms with E-state index >= 15 is 0 Å². The van der Waals surface area contributed by atoms with Crippen molar-refractivity contribution in [2.45, 2.75) is 115 Å². The molecule has 0 atom stereocenters. The van der Waals surface area contributed by atoms with Crippen molar-refractivity contribution < 1.29 is 0 Å². The third-order valence-corrected chi connectivity index (χ3v) is 16.1. The lowest BCUT2D eigenvalue weighted by molar-refractivity contribution is -0.00518. The fraction of sp³-hybridized carbons (Fsp3) is 0.368. The summed E-state index contributed by atoms with van der Waals surface area (Å²) in [5.74, 6) is 2.79. The van der Waals surface area contributed by atoms with Gasteiger partial charge in [-0.3, -0.25) is 0 Å². The van der Waals surface area contributed by atoms with Crippen LogP contribution in [0, 0.1) is 17.8 Å². The Morgan fingerprint density at radius 3 is 1.67 bits per heavy atom. The van der Waals surface area contributed by atoms with E-state index in [1.54, 1.807) is 5.56 Å². The van der Waals surface area contributed by atoms with Crippen LogP contribution in [-0.2, 0) is 21.7 Å². The van der Waals surface area contributed by atoms with Gasteiger partial charge in [-0.05, 0) is 177 Å². The van der Waals surface area contributed by atoms with Crippen molar-refractivity contribution in [3.63, 3.8) is 0 Å². The van der Waals surface area contributed by atoms with E-state index in [4.69, 9.17) is 0 Å². The second-order valence-electron chi connectivity index (χ2n) is 21.1. The lowest BCUT2D eigenvalue weighted by Crippen LogP contribution is -2.48. The van der Waals surface area contributed by atoms with Gasteiger partial charge < -0.3 is 4.90 Å². The lowest BCUT2D eigenvalue weighted by Gasteiger charge is -2.57. The molecule has 6 aliphatic rings. The molecule has 6 aromatic rings. The Morgan fingerprint density at radius 2 is 1.00 bits per heavy atom. The summed E-state index contributed by atoms with van der Waals surface area (Å²) in [6.07, 6.45) is 11.0. The molecule has 0 aromatic heterocycles. The van der Waals surface area contributed by atoms with E-state index in [9.17, 15) is 0 Å². The summed E-state index contributed by atoms with van der Waals surface area (Å²) in [7, 11) is 0. The van der Waals surface area contributed by atoms with Gasteiger partial charge in [-0.15, -0.1) is 0 Å². The van der Waals surface area contributed by atoms with E-state index in [1.807, 2.05) is 0 Å². The smallest absolute Gasteiger partial charge is 0.0543 e. The van der Waals surface area contributed by atoms with E-state index in [1.165, 1.54) is 124 Å². The third kappa shape index (κ3) is 5.55. The zero-order valence-corrected chi connectivity index (χ0v) is 35.5. The number of nitrogens with zero attached hydrogens (tertiary/aromatic N) is 1. The highest BCUT2D eigenvalue weighted by Crippen LogP contribution is 2.61. The SMILES string of the molecule is CC1(C)CCC(C)(C)c2c(-c3cc4c(cc3N(c3ccc(-c5ccccc5)cc3)c3ccc(C56CC7CC(CC(C7)C5)C6)cc3)C(C)(C)c3ccccc3-4)cccc21. The second kappa shape index (κ2) is 12.8. The summed E-state index contributed by atoms with van der Waals surface area (Å²) >= 11 is 0. The van der Waals surface area contributed by atoms with Gasteiger partial charge in [0.2, 0.25) is 0 Å². The molecular weight excluding hydrogens is 699 g/mol. The predicted molar refractivity (Wildman–Crippen MR) is 245 cm³/mol. The van der Waals surface area contributed by atoms with Crippen molar-refractivity contribution in [2.24, 2.45) is 17.8 Å². The Bertz CT molecular complexity index is 2510. The molecule has 6 aromatic carbocycles. The summed E-state index contributed by atoms with van der Waals surface area (Å²) in [6, 6.07) is 51.7. The maximum Gasteiger partial charge on any atom is 0.0543 e. The minimum Gasteiger partial charge on any atom is -0.310 e. The first kappa shape index (κ1) is 36.2. The number of fused-ring (bicyclic) bond motifs is 4. The summed E-state index contributed by atoms with van der Waals surface area (Å²) in [5, 5.41) is 0. The van der Waals surface area contributed by atoms with Gasteiger partial charge >= 0.3 is 0 Å². The molecule has 0 heterocycles. The van der Waals surface area contributed by atoms with Gasteiger partial charge in [-0.1, -0.05) is 139 Å². The molecule has 12 rings (SSSR count). The number of benzene rings is 6. The highest BCUT2D eigenvalue weighted by Gasteiger charge is 2.51. The lowest BCUT2D eigenvalue weighted by atomic mass is 9.48. The highest BCUT2D eigenvalue weighted by atomic mass is 15.1. The quantitative estimate of drug-likeness (QED) is 0.164. The average molecular weight is 758 g/mol. The molecule has 0 spiro atoms. The summed E-state index contributed by atoms with van der Waals surface area (Å²) in [6.45, 7) is 14.7. The Morgan fingerprint density at radius 1 is 0.448 bits per heavy atom. The molecule has 4 fully saturated rings. The van der Waals surface area contributed by atoms with Gasteiger partial charge in [0.05, 0.1) is 5.69 Å². The number of hydrogen-bond donors (Lipinski definition) is 0. The first-order valence-electron chi connectivity index (χ1n) is 22.4. The topological polar surface area (TPSA) is 3.24 Å². The van der Waals surface area contributed by atoms with Crippen LogP contribution in [0.3, 0.4) is 0 Å². The molecule has 1 heteroatoms. The molecule has 0 saturated heterocycles. The molecule has 4 bridgehead atoms. The minimum absolute atomic E-state index is 0.0522. The number of hydrogen-bond acceptors (Lipinski definition) is 1. The van der Waals surface area contributed by atoms with Crippen LogP contribution in [0.5, 0.6) is 0 Å². The summed E-state index contributed by atoms with van der Waals surface area (Å²) < 4.78 is 0. The number of rotatable bonds is 6. The van der Waals surface area contributed by atoms with Crippen molar-refractivity contribution in [3.05, 3.63) is 161 Å². The average Bonchev–Trinajstić information content (AvgIpc) is 3.44. The molecule has 292 valence electrons. The van der Waals surface area contributed by atoms with E-state index in [0.29, 0.717) is 5.41 Å². The Labute approximate surface area is 347 Å². The van der Waals surface area contributed by atoms with E-state index in [-0.39, 0.29) is 16.2 Å². The first-order chi connectivity index (χ1) is 27.9. The van der Waals surface area contributed by atoms with Gasteiger partial charge in [-0.2, -0.15) is 0 Å². The second-order valence-corrected chi connectivity index (χ2v) is 21.1. The van der Waals surface area contributed by atoms with E-state index in [2.05, 4.69) is 180 Å². The fourth-order valence-electron chi connectivity index (χ4n) is 13.4. The highest BCUT2D eigenvalue weighted by molar-refractivity contribution is 5.96. The molecule has 0 radical (unpaired) electrons. The zero-order valence-electron chi connectivity index (χ0n) is 35.5. The van der Waals surface area contributed by atoms with E-state index in [0.717, 1.165) is 17.8 Å².